The molecule has 0 bridgehead atoms. The lowest BCUT2D eigenvalue weighted by atomic mass is 10.2. The van der Waals surface area contributed by atoms with E-state index in [-0.39, 0.29) is 5.91 Å². The van der Waals surface area contributed by atoms with Crippen LogP contribution in [0, 0.1) is 0 Å². The lowest BCUT2D eigenvalue weighted by Gasteiger charge is -2.21. The maximum atomic E-state index is 12.0. The van der Waals surface area contributed by atoms with E-state index in [4.69, 9.17) is 4.74 Å². The number of rotatable bonds is 5. The van der Waals surface area contributed by atoms with Crippen molar-refractivity contribution in [1.29, 1.82) is 0 Å². The van der Waals surface area contributed by atoms with E-state index in [0.29, 0.717) is 24.2 Å². The van der Waals surface area contributed by atoms with Gasteiger partial charge in [-0.05, 0) is 41.9 Å². The molecule has 19 heavy (non-hydrogen) atoms. The third-order valence-corrected chi connectivity index (χ3v) is 2.88. The SMILES string of the molecule is CCO[C@H](C)C(=O)N(C)Cc1ccc2nonc2c1. The van der Waals surface area contributed by atoms with Gasteiger partial charge in [-0.3, -0.25) is 4.79 Å². The number of ether oxygens (including phenoxy) is 1. The van der Waals surface area contributed by atoms with Gasteiger partial charge in [-0.15, -0.1) is 0 Å². The molecular formula is C13H17N3O3. The van der Waals surface area contributed by atoms with Gasteiger partial charge < -0.3 is 9.64 Å². The number of fused-ring (bicyclic) bond motifs is 1. The largest absolute Gasteiger partial charge is 0.369 e. The van der Waals surface area contributed by atoms with Crippen LogP contribution in [-0.2, 0) is 16.1 Å². The molecule has 0 aliphatic heterocycles. The fourth-order valence-corrected chi connectivity index (χ4v) is 1.91. The number of carbonyl (C=O) groups excluding carboxylic acids is 1. The van der Waals surface area contributed by atoms with Gasteiger partial charge in [0.1, 0.15) is 17.1 Å². The Morgan fingerprint density at radius 2 is 2.16 bits per heavy atom. The molecule has 2 rings (SSSR count). The van der Waals surface area contributed by atoms with Crippen molar-refractivity contribution < 1.29 is 14.2 Å². The first-order valence-corrected chi connectivity index (χ1v) is 6.19. The summed E-state index contributed by atoms with van der Waals surface area (Å²) in [5.74, 6) is -0.0415. The zero-order valence-corrected chi connectivity index (χ0v) is 11.3. The predicted molar refractivity (Wildman–Crippen MR) is 69.4 cm³/mol. The van der Waals surface area contributed by atoms with Crippen molar-refractivity contribution in [2.75, 3.05) is 13.7 Å². The normalized spacial score (nSPS) is 12.6. The fraction of sp³-hybridized carbons (Fsp3) is 0.462. The van der Waals surface area contributed by atoms with Gasteiger partial charge in [0.25, 0.3) is 5.91 Å². The van der Waals surface area contributed by atoms with Crippen molar-refractivity contribution in [3.63, 3.8) is 0 Å². The van der Waals surface area contributed by atoms with Crippen molar-refractivity contribution >= 4 is 16.9 Å². The Kier molecular flexibility index (Phi) is 4.11. The Balaban J connectivity index is 2.05. The highest BCUT2D eigenvalue weighted by Gasteiger charge is 2.17. The van der Waals surface area contributed by atoms with Crippen molar-refractivity contribution in [2.24, 2.45) is 0 Å². The van der Waals surface area contributed by atoms with Crippen LogP contribution in [0.25, 0.3) is 11.0 Å². The zero-order valence-electron chi connectivity index (χ0n) is 11.3. The van der Waals surface area contributed by atoms with Crippen LogP contribution in [-0.4, -0.2) is 40.9 Å². The van der Waals surface area contributed by atoms with E-state index in [2.05, 4.69) is 14.9 Å². The van der Waals surface area contributed by atoms with Gasteiger partial charge in [0, 0.05) is 20.2 Å². The molecule has 102 valence electrons. The minimum Gasteiger partial charge on any atom is -0.369 e. The highest BCUT2D eigenvalue weighted by Crippen LogP contribution is 2.13. The van der Waals surface area contributed by atoms with Gasteiger partial charge in [0.05, 0.1) is 0 Å². The Hall–Kier alpha value is -1.95. The van der Waals surface area contributed by atoms with E-state index in [0.717, 1.165) is 5.56 Å². The maximum absolute atomic E-state index is 12.0. The van der Waals surface area contributed by atoms with E-state index < -0.39 is 6.10 Å². The lowest BCUT2D eigenvalue weighted by molar-refractivity contribution is -0.141. The van der Waals surface area contributed by atoms with E-state index in [1.54, 1.807) is 18.9 Å². The molecule has 0 saturated carbocycles. The quantitative estimate of drug-likeness (QED) is 0.819. The molecule has 6 nitrogen and oxygen atoms in total. The molecule has 0 N–H and O–H groups in total. The molecule has 0 spiro atoms. The number of likely N-dealkylation sites (N-methyl/N-ethyl adjacent to an activating group) is 1. The first-order valence-electron chi connectivity index (χ1n) is 6.19. The summed E-state index contributed by atoms with van der Waals surface area (Å²) in [7, 11) is 1.75. The number of hydrogen-bond donors (Lipinski definition) is 0. The predicted octanol–water partition coefficient (Wildman–Crippen LogP) is 1.61. The molecule has 0 aliphatic carbocycles. The molecule has 1 aromatic carbocycles. The van der Waals surface area contributed by atoms with Gasteiger partial charge in [0.15, 0.2) is 0 Å². The maximum Gasteiger partial charge on any atom is 0.251 e. The molecular weight excluding hydrogens is 246 g/mol. The van der Waals surface area contributed by atoms with E-state index >= 15 is 0 Å². The number of hydrogen-bond acceptors (Lipinski definition) is 5. The third kappa shape index (κ3) is 3.08. The summed E-state index contributed by atoms with van der Waals surface area (Å²) in [6.07, 6.45) is -0.424. The van der Waals surface area contributed by atoms with E-state index in [1.807, 2.05) is 25.1 Å². The average Bonchev–Trinajstić information content (AvgIpc) is 2.85. The summed E-state index contributed by atoms with van der Waals surface area (Å²) in [5.41, 5.74) is 2.37. The number of benzene rings is 1. The van der Waals surface area contributed by atoms with Crippen LogP contribution in [0.4, 0.5) is 0 Å². The highest BCUT2D eigenvalue weighted by atomic mass is 16.6. The molecule has 0 radical (unpaired) electrons. The summed E-state index contributed by atoms with van der Waals surface area (Å²) in [6, 6.07) is 5.59. The first-order chi connectivity index (χ1) is 9.11. The highest BCUT2D eigenvalue weighted by molar-refractivity contribution is 5.80. The zero-order chi connectivity index (χ0) is 13.8. The van der Waals surface area contributed by atoms with Gasteiger partial charge in [0.2, 0.25) is 0 Å². The van der Waals surface area contributed by atoms with Crippen molar-refractivity contribution in [2.45, 2.75) is 26.5 Å². The van der Waals surface area contributed by atoms with Crippen LogP contribution in [0.15, 0.2) is 22.8 Å². The van der Waals surface area contributed by atoms with Crippen LogP contribution in [0.1, 0.15) is 19.4 Å². The molecule has 0 fully saturated rings. The average molecular weight is 263 g/mol. The molecule has 0 unspecified atom stereocenters. The van der Waals surface area contributed by atoms with Crippen LogP contribution in [0.5, 0.6) is 0 Å². The Morgan fingerprint density at radius 3 is 2.89 bits per heavy atom. The fourth-order valence-electron chi connectivity index (χ4n) is 1.91. The smallest absolute Gasteiger partial charge is 0.251 e. The summed E-state index contributed by atoms with van der Waals surface area (Å²) >= 11 is 0. The summed E-state index contributed by atoms with van der Waals surface area (Å²) < 4.78 is 9.93. The summed E-state index contributed by atoms with van der Waals surface area (Å²) in [5, 5.41) is 7.52. The molecule has 1 amide bonds. The number of carbonyl (C=O) groups is 1. The molecule has 0 saturated heterocycles. The molecule has 2 aromatic rings. The van der Waals surface area contributed by atoms with Gasteiger partial charge in [-0.25, -0.2) is 4.63 Å². The van der Waals surface area contributed by atoms with E-state index in [9.17, 15) is 4.79 Å². The minimum atomic E-state index is -0.424. The second kappa shape index (κ2) is 5.79. The van der Waals surface area contributed by atoms with Crippen LogP contribution < -0.4 is 0 Å². The minimum absolute atomic E-state index is 0.0415. The van der Waals surface area contributed by atoms with Crippen molar-refractivity contribution in [3.05, 3.63) is 23.8 Å². The molecule has 1 heterocycles. The third-order valence-electron chi connectivity index (χ3n) is 2.88. The summed E-state index contributed by atoms with van der Waals surface area (Å²) in [4.78, 5) is 13.6. The Morgan fingerprint density at radius 1 is 1.42 bits per heavy atom. The Labute approximate surface area is 111 Å². The molecule has 1 atom stereocenters. The van der Waals surface area contributed by atoms with Crippen molar-refractivity contribution in [3.8, 4) is 0 Å². The number of amides is 1. The van der Waals surface area contributed by atoms with Gasteiger partial charge in [-0.2, -0.15) is 0 Å². The van der Waals surface area contributed by atoms with Crippen LogP contribution >= 0.6 is 0 Å². The number of nitrogens with zero attached hydrogens (tertiary/aromatic N) is 3. The number of aromatic nitrogens is 2. The summed E-state index contributed by atoms with van der Waals surface area (Å²) in [6.45, 7) is 4.65. The monoisotopic (exact) mass is 263 g/mol. The van der Waals surface area contributed by atoms with Crippen LogP contribution in [0.3, 0.4) is 0 Å². The molecule has 0 aliphatic rings. The Bertz CT molecular complexity index is 567. The van der Waals surface area contributed by atoms with Crippen molar-refractivity contribution in [1.82, 2.24) is 15.2 Å². The van der Waals surface area contributed by atoms with Gasteiger partial charge >= 0.3 is 0 Å². The van der Waals surface area contributed by atoms with E-state index in [1.165, 1.54) is 0 Å². The second-order valence-corrected chi connectivity index (χ2v) is 4.38. The lowest BCUT2D eigenvalue weighted by Crippen LogP contribution is -2.35. The molecule has 1 aromatic heterocycles. The first kappa shape index (κ1) is 13.5. The van der Waals surface area contributed by atoms with Crippen LogP contribution in [0.2, 0.25) is 0 Å². The van der Waals surface area contributed by atoms with Gasteiger partial charge in [-0.1, -0.05) is 6.07 Å². The molecule has 6 heteroatoms. The second-order valence-electron chi connectivity index (χ2n) is 4.38. The topological polar surface area (TPSA) is 68.5 Å². The standard InChI is InChI=1S/C13H17N3O3/c1-4-18-9(2)13(17)16(3)8-10-5-6-11-12(7-10)15-19-14-11/h5-7,9H,4,8H2,1-3H3/t9-/m1/s1.